The molecule has 3 rings (SSSR count). The zero-order chi connectivity index (χ0) is 16.1. The van der Waals surface area contributed by atoms with Gasteiger partial charge in [0.1, 0.15) is 5.69 Å². The lowest BCUT2D eigenvalue weighted by Gasteiger charge is -2.19. The van der Waals surface area contributed by atoms with E-state index in [1.54, 1.807) is 18.5 Å². The van der Waals surface area contributed by atoms with Crippen LogP contribution in [0.15, 0.2) is 23.8 Å². The van der Waals surface area contributed by atoms with Gasteiger partial charge in [-0.25, -0.2) is 15.0 Å². The van der Waals surface area contributed by atoms with Crippen LogP contribution in [0.1, 0.15) is 49.5 Å². The molecule has 1 aliphatic rings. The van der Waals surface area contributed by atoms with Crippen LogP contribution in [0.25, 0.3) is 10.8 Å². The van der Waals surface area contributed by atoms with E-state index in [0.717, 1.165) is 31.8 Å². The summed E-state index contributed by atoms with van der Waals surface area (Å²) in [6, 6.07) is 1.77. The first-order chi connectivity index (χ1) is 11.3. The van der Waals surface area contributed by atoms with Gasteiger partial charge in [0.25, 0.3) is 5.91 Å². The van der Waals surface area contributed by atoms with E-state index in [4.69, 9.17) is 0 Å². The zero-order valence-electron chi connectivity index (χ0n) is 13.4. The van der Waals surface area contributed by atoms with Crippen LogP contribution in [-0.2, 0) is 0 Å². The zero-order valence-corrected chi connectivity index (χ0v) is 14.3. The Bertz CT molecular complexity index is 643. The monoisotopic (exact) mass is 330 g/mol. The highest BCUT2D eigenvalue weighted by Crippen LogP contribution is 2.24. The molecule has 1 unspecified atom stereocenters. The van der Waals surface area contributed by atoms with E-state index in [1.165, 1.54) is 30.6 Å². The lowest BCUT2D eigenvalue weighted by atomic mass is 9.96. The molecule has 0 aliphatic carbocycles. The summed E-state index contributed by atoms with van der Waals surface area (Å²) in [7, 11) is 0. The van der Waals surface area contributed by atoms with Crippen molar-refractivity contribution in [3.8, 4) is 10.8 Å². The largest absolute Gasteiger partial charge is 0.337 e. The number of thiazole rings is 1. The second kappa shape index (κ2) is 7.64. The van der Waals surface area contributed by atoms with Gasteiger partial charge in [-0.3, -0.25) is 4.79 Å². The van der Waals surface area contributed by atoms with Gasteiger partial charge in [0.05, 0.1) is 0 Å². The summed E-state index contributed by atoms with van der Waals surface area (Å²) in [5.41, 5.74) is 0.520. The number of carbonyl (C=O) groups is 1. The second-order valence-corrected chi connectivity index (χ2v) is 6.85. The first-order valence-electron chi connectivity index (χ1n) is 8.30. The van der Waals surface area contributed by atoms with Gasteiger partial charge in [-0.05, 0) is 31.2 Å². The highest BCUT2D eigenvalue weighted by molar-refractivity contribution is 7.13. The first-order valence-corrected chi connectivity index (χ1v) is 9.18. The van der Waals surface area contributed by atoms with Crippen LogP contribution in [0.3, 0.4) is 0 Å². The van der Waals surface area contributed by atoms with Crippen molar-refractivity contribution in [3.63, 3.8) is 0 Å². The molecule has 0 bridgehead atoms. The molecule has 1 saturated heterocycles. The van der Waals surface area contributed by atoms with Crippen LogP contribution < -0.4 is 0 Å². The Kier molecular flexibility index (Phi) is 5.33. The number of nitrogens with zero attached hydrogens (tertiary/aromatic N) is 4. The van der Waals surface area contributed by atoms with Crippen LogP contribution in [0, 0.1) is 5.92 Å². The molecular formula is C17H22N4OS. The quantitative estimate of drug-likeness (QED) is 0.858. The van der Waals surface area contributed by atoms with Crippen molar-refractivity contribution < 1.29 is 4.79 Å². The van der Waals surface area contributed by atoms with Crippen molar-refractivity contribution >= 4 is 17.2 Å². The summed E-state index contributed by atoms with van der Waals surface area (Å²) in [4.78, 5) is 27.5. The normalized spacial score (nSPS) is 18.7. The average molecular weight is 330 g/mol. The predicted molar refractivity (Wildman–Crippen MR) is 91.3 cm³/mol. The van der Waals surface area contributed by atoms with Crippen molar-refractivity contribution in [2.75, 3.05) is 13.1 Å². The van der Waals surface area contributed by atoms with Crippen LogP contribution in [0.5, 0.6) is 0 Å². The molecule has 0 spiro atoms. The van der Waals surface area contributed by atoms with E-state index in [0.29, 0.717) is 16.5 Å². The minimum atomic E-state index is 0.0422. The summed E-state index contributed by atoms with van der Waals surface area (Å²) >= 11 is 1.43. The Hall–Kier alpha value is -1.82. The fourth-order valence-electron chi connectivity index (χ4n) is 3.11. The number of aromatic nitrogens is 3. The summed E-state index contributed by atoms with van der Waals surface area (Å²) in [5.74, 6) is 1.39. The fourth-order valence-corrected chi connectivity index (χ4v) is 3.85. The molecule has 6 heteroatoms. The van der Waals surface area contributed by atoms with Crippen molar-refractivity contribution in [2.45, 2.75) is 39.0 Å². The van der Waals surface area contributed by atoms with Gasteiger partial charge in [0, 0.05) is 30.9 Å². The van der Waals surface area contributed by atoms with E-state index < -0.39 is 0 Å². The smallest absolute Gasteiger partial charge is 0.273 e. The predicted octanol–water partition coefficient (Wildman–Crippen LogP) is 3.64. The Labute approximate surface area is 140 Å². The molecule has 2 aromatic rings. The highest BCUT2D eigenvalue weighted by Gasteiger charge is 2.23. The highest BCUT2D eigenvalue weighted by atomic mass is 32.1. The molecule has 1 fully saturated rings. The molecule has 122 valence electrons. The lowest BCUT2D eigenvalue weighted by molar-refractivity contribution is 0.0755. The molecule has 0 saturated carbocycles. The van der Waals surface area contributed by atoms with Gasteiger partial charge >= 0.3 is 0 Å². The third kappa shape index (κ3) is 3.93. The molecule has 23 heavy (non-hydrogen) atoms. The first kappa shape index (κ1) is 16.1. The third-order valence-corrected chi connectivity index (χ3v) is 5.15. The maximum atomic E-state index is 12.7. The molecule has 1 aliphatic heterocycles. The van der Waals surface area contributed by atoms with Crippen LogP contribution in [0.2, 0.25) is 0 Å². The topological polar surface area (TPSA) is 59.0 Å². The summed E-state index contributed by atoms with van der Waals surface area (Å²) in [6.45, 7) is 3.92. The Morgan fingerprint density at radius 2 is 2.13 bits per heavy atom. The lowest BCUT2D eigenvalue weighted by Crippen LogP contribution is -2.32. The fraction of sp³-hybridized carbons (Fsp3) is 0.529. The van der Waals surface area contributed by atoms with Crippen LogP contribution in [-0.4, -0.2) is 38.8 Å². The van der Waals surface area contributed by atoms with Crippen molar-refractivity contribution in [2.24, 2.45) is 5.92 Å². The maximum absolute atomic E-state index is 12.7. The van der Waals surface area contributed by atoms with Crippen molar-refractivity contribution in [1.29, 1.82) is 0 Å². The number of rotatable bonds is 4. The van der Waals surface area contributed by atoms with Crippen molar-refractivity contribution in [1.82, 2.24) is 19.9 Å². The maximum Gasteiger partial charge on any atom is 0.273 e. The van der Waals surface area contributed by atoms with Gasteiger partial charge < -0.3 is 4.90 Å². The summed E-state index contributed by atoms with van der Waals surface area (Å²) < 4.78 is 0. The number of likely N-dealkylation sites (tertiary alicyclic amines) is 1. The van der Waals surface area contributed by atoms with Crippen LogP contribution in [0.4, 0.5) is 0 Å². The van der Waals surface area contributed by atoms with E-state index in [2.05, 4.69) is 21.9 Å². The summed E-state index contributed by atoms with van der Waals surface area (Å²) in [6.07, 6.45) is 9.31. The minimum Gasteiger partial charge on any atom is -0.337 e. The SMILES string of the molecule is CCCC1CCCN(C(=O)c2csc(-c3ncccn3)n2)CC1. The van der Waals surface area contributed by atoms with E-state index >= 15 is 0 Å². The van der Waals surface area contributed by atoms with Gasteiger partial charge in [-0.1, -0.05) is 19.8 Å². The van der Waals surface area contributed by atoms with Gasteiger partial charge in [-0.15, -0.1) is 11.3 Å². The van der Waals surface area contributed by atoms with Crippen LogP contribution >= 0.6 is 11.3 Å². The van der Waals surface area contributed by atoms with Gasteiger partial charge in [0.15, 0.2) is 10.8 Å². The molecule has 1 atom stereocenters. The number of hydrogen-bond acceptors (Lipinski definition) is 5. The van der Waals surface area contributed by atoms with Gasteiger partial charge in [0.2, 0.25) is 0 Å². The van der Waals surface area contributed by atoms with E-state index in [-0.39, 0.29) is 5.91 Å². The van der Waals surface area contributed by atoms with Crippen molar-refractivity contribution in [3.05, 3.63) is 29.5 Å². The second-order valence-electron chi connectivity index (χ2n) is 5.99. The minimum absolute atomic E-state index is 0.0422. The number of hydrogen-bond donors (Lipinski definition) is 0. The summed E-state index contributed by atoms with van der Waals surface area (Å²) in [5, 5.41) is 2.52. The molecular weight excluding hydrogens is 308 g/mol. The number of amides is 1. The van der Waals surface area contributed by atoms with E-state index in [9.17, 15) is 4.79 Å². The third-order valence-electron chi connectivity index (χ3n) is 4.31. The molecule has 0 aromatic carbocycles. The molecule has 1 amide bonds. The molecule has 5 nitrogen and oxygen atoms in total. The number of carbonyl (C=O) groups excluding carboxylic acids is 1. The molecule has 3 heterocycles. The molecule has 0 radical (unpaired) electrons. The Balaban J connectivity index is 1.68. The van der Waals surface area contributed by atoms with Gasteiger partial charge in [-0.2, -0.15) is 0 Å². The Morgan fingerprint density at radius 3 is 2.91 bits per heavy atom. The molecule has 0 N–H and O–H groups in total. The Morgan fingerprint density at radius 1 is 1.30 bits per heavy atom. The average Bonchev–Trinajstić information content (AvgIpc) is 2.96. The molecule has 2 aromatic heterocycles. The standard InChI is InChI=1S/C17H22N4OS/c1-2-5-13-6-3-10-21(11-7-13)17(22)14-12-23-16(20-14)15-18-8-4-9-19-15/h4,8-9,12-13H,2-3,5-7,10-11H2,1H3. The van der Waals surface area contributed by atoms with E-state index in [1.807, 2.05) is 10.3 Å².